The SMILES string of the molecule is CCN1CCN(c2ccnc(C(=O)Nc3ccc(C)cc3C)c2)CC1. The summed E-state index contributed by atoms with van der Waals surface area (Å²) in [5.41, 5.74) is 4.59. The minimum atomic E-state index is -0.166. The number of piperazine rings is 1. The van der Waals surface area contributed by atoms with Crippen LogP contribution in [-0.2, 0) is 0 Å². The Bertz CT molecular complexity index is 751. The number of rotatable bonds is 4. The Morgan fingerprint density at radius 3 is 2.56 bits per heavy atom. The van der Waals surface area contributed by atoms with Crippen molar-refractivity contribution >= 4 is 17.3 Å². The summed E-state index contributed by atoms with van der Waals surface area (Å²) in [6, 6.07) is 9.87. The van der Waals surface area contributed by atoms with Gasteiger partial charge in [0.1, 0.15) is 5.69 Å². The minimum Gasteiger partial charge on any atom is -0.369 e. The number of likely N-dealkylation sites (N-methyl/N-ethyl adjacent to an activating group) is 1. The van der Waals surface area contributed by atoms with Crippen LogP contribution in [0.3, 0.4) is 0 Å². The van der Waals surface area contributed by atoms with E-state index in [0.29, 0.717) is 5.69 Å². The van der Waals surface area contributed by atoms with Gasteiger partial charge in [0.2, 0.25) is 0 Å². The summed E-state index contributed by atoms with van der Waals surface area (Å²) in [6.07, 6.45) is 1.72. The van der Waals surface area contributed by atoms with Gasteiger partial charge in [-0.1, -0.05) is 24.6 Å². The Balaban J connectivity index is 1.71. The van der Waals surface area contributed by atoms with Crippen LogP contribution in [0.5, 0.6) is 0 Å². The van der Waals surface area contributed by atoms with Crippen molar-refractivity contribution in [2.45, 2.75) is 20.8 Å². The van der Waals surface area contributed by atoms with Crippen molar-refractivity contribution in [2.24, 2.45) is 0 Å². The van der Waals surface area contributed by atoms with Crippen LogP contribution >= 0.6 is 0 Å². The number of hydrogen-bond donors (Lipinski definition) is 1. The van der Waals surface area contributed by atoms with Gasteiger partial charge < -0.3 is 15.1 Å². The molecule has 0 radical (unpaired) electrons. The number of pyridine rings is 1. The second-order valence-corrected chi connectivity index (χ2v) is 6.59. The van der Waals surface area contributed by atoms with Crippen LogP contribution in [-0.4, -0.2) is 48.5 Å². The number of aromatic nitrogens is 1. The summed E-state index contributed by atoms with van der Waals surface area (Å²) in [6.45, 7) is 11.4. The van der Waals surface area contributed by atoms with Crippen molar-refractivity contribution in [3.05, 3.63) is 53.3 Å². The van der Waals surface area contributed by atoms with Crippen LogP contribution in [0.2, 0.25) is 0 Å². The molecule has 0 aliphatic carbocycles. The molecule has 1 saturated heterocycles. The number of aryl methyl sites for hydroxylation is 2. The lowest BCUT2D eigenvalue weighted by Gasteiger charge is -2.35. The van der Waals surface area contributed by atoms with E-state index in [9.17, 15) is 4.79 Å². The van der Waals surface area contributed by atoms with Gasteiger partial charge in [-0.3, -0.25) is 9.78 Å². The van der Waals surface area contributed by atoms with Crippen LogP contribution < -0.4 is 10.2 Å². The summed E-state index contributed by atoms with van der Waals surface area (Å²) in [5.74, 6) is -0.166. The van der Waals surface area contributed by atoms with E-state index in [1.54, 1.807) is 6.20 Å². The molecule has 1 aliphatic heterocycles. The highest BCUT2D eigenvalue weighted by atomic mass is 16.1. The van der Waals surface area contributed by atoms with Crippen LogP contribution in [0.4, 0.5) is 11.4 Å². The zero-order valence-electron chi connectivity index (χ0n) is 15.2. The molecule has 2 aromatic rings. The average Bonchev–Trinajstić information content (AvgIpc) is 2.64. The first-order chi connectivity index (χ1) is 12.1. The van der Waals surface area contributed by atoms with Crippen molar-refractivity contribution < 1.29 is 4.79 Å². The molecule has 1 aromatic heterocycles. The first-order valence-corrected chi connectivity index (χ1v) is 8.89. The molecule has 5 heteroatoms. The van der Waals surface area contributed by atoms with Crippen molar-refractivity contribution in [2.75, 3.05) is 42.9 Å². The van der Waals surface area contributed by atoms with Gasteiger partial charge in [0.25, 0.3) is 5.91 Å². The van der Waals surface area contributed by atoms with Gasteiger partial charge in [-0.25, -0.2) is 0 Å². The lowest BCUT2D eigenvalue weighted by molar-refractivity contribution is 0.102. The third-order valence-corrected chi connectivity index (χ3v) is 4.79. The summed E-state index contributed by atoms with van der Waals surface area (Å²) >= 11 is 0. The molecule has 0 bridgehead atoms. The zero-order valence-corrected chi connectivity index (χ0v) is 15.2. The van der Waals surface area contributed by atoms with Crippen molar-refractivity contribution in [3.63, 3.8) is 0 Å². The predicted molar refractivity (Wildman–Crippen MR) is 102 cm³/mol. The number of carbonyl (C=O) groups is 1. The Morgan fingerprint density at radius 1 is 1.12 bits per heavy atom. The number of carbonyl (C=O) groups excluding carboxylic acids is 1. The Kier molecular flexibility index (Phi) is 5.34. The van der Waals surface area contributed by atoms with Gasteiger partial charge in [-0.2, -0.15) is 0 Å². The smallest absolute Gasteiger partial charge is 0.274 e. The summed E-state index contributed by atoms with van der Waals surface area (Å²) in [7, 11) is 0. The monoisotopic (exact) mass is 338 g/mol. The van der Waals surface area contributed by atoms with E-state index in [-0.39, 0.29) is 5.91 Å². The topological polar surface area (TPSA) is 48.5 Å². The Labute approximate surface area is 149 Å². The third-order valence-electron chi connectivity index (χ3n) is 4.79. The van der Waals surface area contributed by atoms with Crippen molar-refractivity contribution in [1.29, 1.82) is 0 Å². The maximum absolute atomic E-state index is 12.6. The van der Waals surface area contributed by atoms with Gasteiger partial charge >= 0.3 is 0 Å². The standard InChI is InChI=1S/C20H26N4O/c1-4-23-9-11-24(12-10-23)17-7-8-21-19(14-17)20(25)22-18-6-5-15(2)13-16(18)3/h5-8,13-14H,4,9-12H2,1-3H3,(H,22,25). The first kappa shape index (κ1) is 17.4. The molecule has 1 amide bonds. The quantitative estimate of drug-likeness (QED) is 0.931. The lowest BCUT2D eigenvalue weighted by atomic mass is 10.1. The van der Waals surface area contributed by atoms with Crippen LogP contribution in [0.25, 0.3) is 0 Å². The largest absolute Gasteiger partial charge is 0.369 e. The molecule has 1 N–H and O–H groups in total. The van der Waals surface area contributed by atoms with Crippen LogP contribution in [0, 0.1) is 13.8 Å². The molecule has 132 valence electrons. The molecule has 1 aromatic carbocycles. The normalized spacial score (nSPS) is 15.2. The first-order valence-electron chi connectivity index (χ1n) is 8.89. The van der Waals surface area contributed by atoms with Crippen LogP contribution in [0.15, 0.2) is 36.5 Å². The molecule has 1 aliphatic rings. The molecular weight excluding hydrogens is 312 g/mol. The molecule has 0 saturated carbocycles. The van der Waals surface area contributed by atoms with Crippen LogP contribution in [0.1, 0.15) is 28.5 Å². The fourth-order valence-electron chi connectivity index (χ4n) is 3.20. The molecule has 0 unspecified atom stereocenters. The summed E-state index contributed by atoms with van der Waals surface area (Å²) in [5, 5.41) is 2.97. The lowest BCUT2D eigenvalue weighted by Crippen LogP contribution is -2.46. The predicted octanol–water partition coefficient (Wildman–Crippen LogP) is 3.09. The molecule has 0 atom stereocenters. The molecule has 25 heavy (non-hydrogen) atoms. The number of anilines is 2. The zero-order chi connectivity index (χ0) is 17.8. The fraction of sp³-hybridized carbons (Fsp3) is 0.400. The molecular formula is C20H26N4O. The van der Waals surface area contributed by atoms with Crippen molar-refractivity contribution in [1.82, 2.24) is 9.88 Å². The van der Waals surface area contributed by atoms with E-state index in [2.05, 4.69) is 33.1 Å². The number of hydrogen-bond acceptors (Lipinski definition) is 4. The van der Waals surface area contributed by atoms with E-state index in [1.807, 2.05) is 38.1 Å². The van der Waals surface area contributed by atoms with Gasteiger partial charge in [0.05, 0.1) is 0 Å². The van der Waals surface area contributed by atoms with Gasteiger partial charge in [0, 0.05) is 43.8 Å². The van der Waals surface area contributed by atoms with E-state index in [0.717, 1.165) is 49.7 Å². The van der Waals surface area contributed by atoms with Crippen molar-refractivity contribution in [3.8, 4) is 0 Å². The summed E-state index contributed by atoms with van der Waals surface area (Å²) in [4.78, 5) is 21.6. The third kappa shape index (κ3) is 4.17. The Morgan fingerprint density at radius 2 is 1.88 bits per heavy atom. The molecule has 1 fully saturated rings. The molecule has 5 nitrogen and oxygen atoms in total. The number of nitrogens with zero attached hydrogens (tertiary/aromatic N) is 3. The minimum absolute atomic E-state index is 0.166. The number of amides is 1. The molecule has 3 rings (SSSR count). The average molecular weight is 338 g/mol. The highest BCUT2D eigenvalue weighted by Gasteiger charge is 2.17. The highest BCUT2D eigenvalue weighted by Crippen LogP contribution is 2.19. The van der Waals surface area contributed by atoms with Gasteiger partial charge in [-0.05, 0) is 44.2 Å². The molecule has 0 spiro atoms. The Hall–Kier alpha value is -2.40. The highest BCUT2D eigenvalue weighted by molar-refractivity contribution is 6.03. The van der Waals surface area contributed by atoms with E-state index in [1.165, 1.54) is 5.56 Å². The summed E-state index contributed by atoms with van der Waals surface area (Å²) < 4.78 is 0. The van der Waals surface area contributed by atoms with E-state index >= 15 is 0 Å². The maximum atomic E-state index is 12.6. The fourth-order valence-corrected chi connectivity index (χ4v) is 3.20. The molecule has 2 heterocycles. The van der Waals surface area contributed by atoms with Gasteiger partial charge in [0.15, 0.2) is 0 Å². The maximum Gasteiger partial charge on any atom is 0.274 e. The second kappa shape index (κ2) is 7.66. The second-order valence-electron chi connectivity index (χ2n) is 6.59. The number of benzene rings is 1. The number of nitrogens with one attached hydrogen (secondary N) is 1. The van der Waals surface area contributed by atoms with Gasteiger partial charge in [-0.15, -0.1) is 0 Å². The van der Waals surface area contributed by atoms with E-state index < -0.39 is 0 Å². The van der Waals surface area contributed by atoms with E-state index in [4.69, 9.17) is 0 Å².